The first-order valence-corrected chi connectivity index (χ1v) is 19.5. The number of rotatable bonds is 10. The molecule has 2 aliphatic heterocycles. The Morgan fingerprint density at radius 2 is 1.40 bits per heavy atom. The van der Waals surface area contributed by atoms with E-state index < -0.39 is 10.9 Å². The summed E-state index contributed by atoms with van der Waals surface area (Å²) in [5, 5.41) is 32.9. The molecule has 0 unspecified atom stereocenters. The van der Waals surface area contributed by atoms with Crippen molar-refractivity contribution in [3.8, 4) is 0 Å². The van der Waals surface area contributed by atoms with Crippen LogP contribution in [0, 0.1) is 0 Å². The number of nitrogens with zero attached hydrogens (tertiary/aromatic N) is 3. The number of hydrogen-bond donors (Lipinski definition) is 6. The molecule has 0 saturated heterocycles. The molecule has 0 saturated carbocycles. The number of allylic oxidation sites excluding steroid dienone is 4. The quantitative estimate of drug-likeness (QED) is 0.0416. The van der Waals surface area contributed by atoms with Gasteiger partial charge in [-0.2, -0.15) is 4.58 Å². The van der Waals surface area contributed by atoms with Gasteiger partial charge in [-0.25, -0.2) is 5.90 Å². The van der Waals surface area contributed by atoms with Gasteiger partial charge in [0.25, 0.3) is 5.43 Å². The van der Waals surface area contributed by atoms with Crippen LogP contribution in [0.2, 0.25) is 0 Å². The minimum Gasteiger partial charge on any atom is -0.502 e. The predicted molar refractivity (Wildman–Crippen MR) is 236 cm³/mol. The molecular weight excluding hydrogens is 762 g/mol. The number of aliphatic hydroxyl groups excluding tert-OH is 2. The molecule has 2 heterocycles. The van der Waals surface area contributed by atoms with E-state index >= 15 is 0 Å². The zero-order valence-electron chi connectivity index (χ0n) is 36.0. The molecule has 7 N–H and O–H groups in total. The van der Waals surface area contributed by atoms with E-state index in [2.05, 4.69) is 89.0 Å². The van der Waals surface area contributed by atoms with Crippen molar-refractivity contribution in [2.45, 2.75) is 86.0 Å². The fourth-order valence-corrected chi connectivity index (χ4v) is 7.11. The molecule has 0 atom stereocenters. The molecule has 14 heteroatoms. The Balaban J connectivity index is 0.000000452. The summed E-state index contributed by atoms with van der Waals surface area (Å²) in [6, 6.07) is 16.3. The van der Waals surface area contributed by atoms with Gasteiger partial charge >= 0.3 is 0 Å². The Kier molecular flexibility index (Phi) is 20.5. The van der Waals surface area contributed by atoms with E-state index in [1.807, 2.05) is 60.9 Å². The van der Waals surface area contributed by atoms with E-state index in [1.165, 1.54) is 25.2 Å². The van der Waals surface area contributed by atoms with Gasteiger partial charge in [-0.15, -0.1) is 12.4 Å². The van der Waals surface area contributed by atoms with Crippen LogP contribution in [0.25, 0.3) is 6.08 Å². The highest BCUT2D eigenvalue weighted by molar-refractivity contribution is 6.21. The largest absolute Gasteiger partial charge is 0.502 e. The van der Waals surface area contributed by atoms with Crippen LogP contribution in [0.1, 0.15) is 91.8 Å². The van der Waals surface area contributed by atoms with Crippen molar-refractivity contribution >= 4 is 47.0 Å². The number of unbranched alkanes of at least 4 members (excludes halogenated alkanes) is 1. The number of para-hydroxylation sites is 2. The molecule has 3 aromatic rings. The topological polar surface area (TPSA) is 189 Å². The van der Waals surface area contributed by atoms with Gasteiger partial charge in [-0.05, 0) is 64.5 Å². The summed E-state index contributed by atoms with van der Waals surface area (Å²) >= 11 is 0. The standard InChI is InChI=1S/C20H23NO3.C16H16N2O3.C6H15N.C2H6O.ClH.H3NO/c1-5-6-11-24-19-13(17(22)18(19)23)12-16-20(2,3)14-9-7-8-10-15(14)21(16)4;1-16(2)10-6-4-5-7-11(10)18(3)12(16)8-9-13(17-21)15(20)14(9)19;1-4-7(5-2)6-3;1-2-3;;1-2/h7-10,12H,5-6,11H2,1-4H3;4-8,17,21H,1-3H3;4-6H2,1-3H3;3H,2H2,1H3;1H;2H,1H2/p+1. The third-order valence-electron chi connectivity index (χ3n) is 10.5. The van der Waals surface area contributed by atoms with Crippen molar-refractivity contribution in [2.75, 3.05) is 57.3 Å². The van der Waals surface area contributed by atoms with Gasteiger partial charge in [0.1, 0.15) is 12.7 Å². The van der Waals surface area contributed by atoms with Gasteiger partial charge < -0.3 is 30.0 Å². The molecule has 3 aromatic carbocycles. The monoisotopic (exact) mass is 826 g/mol. The van der Waals surface area contributed by atoms with E-state index in [9.17, 15) is 19.5 Å². The molecule has 320 valence electrons. The SMILES string of the molecule is CCCCOC1=C(O)C(=O)C1=CC1=[N+](C)c2ccccc2C1(C)C.CCN(CC)CC.CCO.CN1C(=Cc2c(NO)c(=O)c2=O)C(C)(C)c2ccccc21.Cl.NO. The van der Waals surface area contributed by atoms with Gasteiger partial charge in [0.15, 0.2) is 11.5 Å². The first-order chi connectivity index (χ1) is 27.0. The number of aliphatic hydroxyl groups is 2. The summed E-state index contributed by atoms with van der Waals surface area (Å²) < 4.78 is 7.72. The molecule has 0 bridgehead atoms. The van der Waals surface area contributed by atoms with Crippen LogP contribution >= 0.6 is 12.4 Å². The van der Waals surface area contributed by atoms with E-state index in [4.69, 9.17) is 20.3 Å². The lowest BCUT2D eigenvalue weighted by atomic mass is 9.79. The fourth-order valence-electron chi connectivity index (χ4n) is 7.11. The van der Waals surface area contributed by atoms with Gasteiger partial charge in [-0.1, -0.05) is 84.4 Å². The van der Waals surface area contributed by atoms with Crippen molar-refractivity contribution in [1.82, 2.24) is 4.90 Å². The van der Waals surface area contributed by atoms with E-state index in [0.717, 1.165) is 41.2 Å². The summed E-state index contributed by atoms with van der Waals surface area (Å²) in [6.07, 6.45) is 5.45. The van der Waals surface area contributed by atoms with Crippen LogP contribution in [0.3, 0.4) is 0 Å². The Morgan fingerprint density at radius 3 is 1.88 bits per heavy atom. The van der Waals surface area contributed by atoms with Crippen LogP contribution < -0.4 is 27.1 Å². The van der Waals surface area contributed by atoms with Gasteiger partial charge in [0.05, 0.1) is 23.2 Å². The number of Topliss-reactive ketones (excluding diaryl/α,β-unsaturated/α-hetero) is 1. The minimum absolute atomic E-state index is 0. The van der Waals surface area contributed by atoms with Crippen LogP contribution in [-0.2, 0) is 20.4 Å². The maximum atomic E-state index is 12.1. The Hall–Kier alpha value is -4.63. The lowest BCUT2D eigenvalue weighted by molar-refractivity contribution is -0.401. The molecule has 1 aliphatic carbocycles. The van der Waals surface area contributed by atoms with Crippen LogP contribution in [0.15, 0.2) is 87.0 Å². The predicted octanol–water partition coefficient (Wildman–Crippen LogP) is 6.74. The Labute approximate surface area is 349 Å². The first-order valence-electron chi connectivity index (χ1n) is 19.5. The lowest BCUT2D eigenvalue weighted by Crippen LogP contribution is -2.37. The highest BCUT2D eigenvalue weighted by Gasteiger charge is 2.46. The number of nitrogens with two attached hydrogens (primary N) is 1. The van der Waals surface area contributed by atoms with Gasteiger partial charge in [-0.3, -0.25) is 25.1 Å². The lowest BCUT2D eigenvalue weighted by Gasteiger charge is -2.24. The molecular formula is C44H65ClN5O8+. The summed E-state index contributed by atoms with van der Waals surface area (Å²) in [5.74, 6) is 3.24. The number of benzene rings is 2. The number of carbonyl (C=O) groups excluding carboxylic acids is 1. The second kappa shape index (κ2) is 23.1. The molecule has 0 aromatic heterocycles. The van der Waals surface area contributed by atoms with Crippen molar-refractivity contribution in [3.63, 3.8) is 0 Å². The highest BCUT2D eigenvalue weighted by Crippen LogP contribution is 2.47. The Morgan fingerprint density at radius 1 is 0.862 bits per heavy atom. The van der Waals surface area contributed by atoms with Crippen molar-refractivity contribution in [3.05, 3.63) is 115 Å². The highest BCUT2D eigenvalue weighted by atomic mass is 35.5. The Bertz CT molecular complexity index is 2030. The second-order valence-electron chi connectivity index (χ2n) is 14.6. The molecule has 6 rings (SSSR count). The molecule has 0 amide bonds. The number of anilines is 2. The van der Waals surface area contributed by atoms with Crippen LogP contribution in [-0.4, -0.2) is 88.5 Å². The van der Waals surface area contributed by atoms with Crippen molar-refractivity contribution in [2.24, 2.45) is 5.90 Å². The number of hydrogen-bond acceptors (Lipinski definition) is 12. The number of carbonyl (C=O) groups is 1. The smallest absolute Gasteiger partial charge is 0.252 e. The molecule has 0 spiro atoms. The molecule has 0 fully saturated rings. The maximum Gasteiger partial charge on any atom is 0.252 e. The maximum absolute atomic E-state index is 12.1. The number of halogens is 1. The third-order valence-corrected chi connectivity index (χ3v) is 10.5. The zero-order valence-corrected chi connectivity index (χ0v) is 36.8. The molecule has 58 heavy (non-hydrogen) atoms. The van der Waals surface area contributed by atoms with Gasteiger partial charge in [0.2, 0.25) is 22.7 Å². The minimum atomic E-state index is -0.680. The summed E-state index contributed by atoms with van der Waals surface area (Å²) in [7, 11) is 3.93. The average molecular weight is 827 g/mol. The van der Waals surface area contributed by atoms with Crippen molar-refractivity contribution in [1.29, 1.82) is 0 Å². The zero-order chi connectivity index (χ0) is 43.2. The summed E-state index contributed by atoms with van der Waals surface area (Å²) in [6.45, 7) is 23.1. The van der Waals surface area contributed by atoms with Gasteiger partial charge in [0, 0.05) is 48.2 Å². The number of nitrogens with one attached hydrogen (secondary N) is 1. The normalized spacial score (nSPS) is 16.8. The van der Waals surface area contributed by atoms with E-state index in [-0.39, 0.29) is 52.6 Å². The van der Waals surface area contributed by atoms with E-state index in [0.29, 0.717) is 17.9 Å². The summed E-state index contributed by atoms with van der Waals surface area (Å²) in [4.78, 5) is 39.5. The van der Waals surface area contributed by atoms with Crippen LogP contribution in [0.5, 0.6) is 0 Å². The average Bonchev–Trinajstić information content (AvgIpc) is 3.54. The third kappa shape index (κ3) is 10.7. The number of likely N-dealkylation sites (N-methyl/N-ethyl adjacent to an activating group) is 1. The second-order valence-corrected chi connectivity index (χ2v) is 14.6. The van der Waals surface area contributed by atoms with Crippen molar-refractivity contribution < 1.29 is 34.7 Å². The van der Waals surface area contributed by atoms with E-state index in [1.54, 1.807) is 13.0 Å². The molecule has 13 nitrogen and oxygen atoms in total. The number of ketones is 1. The molecule has 0 radical (unpaired) electrons. The summed E-state index contributed by atoms with van der Waals surface area (Å²) in [5.41, 5.74) is 7.27. The number of ether oxygens (including phenoxy) is 1. The fraction of sp³-hybridized carbons (Fsp3) is 0.455. The molecule has 3 aliphatic rings. The first kappa shape index (κ1) is 51.4. The number of fused-ring (bicyclic) bond motifs is 2. The van der Waals surface area contributed by atoms with Crippen LogP contribution in [0.4, 0.5) is 17.1 Å².